The molecule has 2 N–H and O–H groups in total. The van der Waals surface area contributed by atoms with E-state index in [2.05, 4.69) is 15.6 Å². The van der Waals surface area contributed by atoms with E-state index >= 15 is 0 Å². The maximum absolute atomic E-state index is 11.9. The van der Waals surface area contributed by atoms with Crippen molar-refractivity contribution in [2.75, 3.05) is 0 Å². The fourth-order valence-electron chi connectivity index (χ4n) is 2.32. The number of amides is 1. The van der Waals surface area contributed by atoms with Gasteiger partial charge in [-0.3, -0.25) is 15.1 Å². The Morgan fingerprint density at radius 2 is 2.00 bits per heavy atom. The highest BCUT2D eigenvalue weighted by Gasteiger charge is 2.14. The molecule has 0 saturated heterocycles. The summed E-state index contributed by atoms with van der Waals surface area (Å²) in [7, 11) is 0. The van der Waals surface area contributed by atoms with Crippen LogP contribution < -0.4 is 10.6 Å². The number of hydrogen-bond acceptors (Lipinski definition) is 3. The average molecular weight is 277 g/mol. The number of carbonyl (C=O) groups is 1. The Bertz CT molecular complexity index is 428. The highest BCUT2D eigenvalue weighted by atomic mass is 32.1. The molecule has 19 heavy (non-hydrogen) atoms. The van der Waals surface area contributed by atoms with Gasteiger partial charge in [-0.05, 0) is 37.2 Å². The quantitative estimate of drug-likeness (QED) is 0.644. The van der Waals surface area contributed by atoms with Crippen LogP contribution in [0.5, 0.6) is 0 Å². The third-order valence-electron chi connectivity index (χ3n) is 3.34. The Morgan fingerprint density at radius 1 is 1.26 bits per heavy atom. The number of aromatic nitrogens is 1. The lowest BCUT2D eigenvalue weighted by Gasteiger charge is -2.18. The summed E-state index contributed by atoms with van der Waals surface area (Å²) in [6.07, 6.45) is 10.5. The lowest BCUT2D eigenvalue weighted by Crippen LogP contribution is -2.44. The lowest BCUT2D eigenvalue weighted by molar-refractivity contribution is 0.0976. The number of nitrogens with zero attached hydrogens (tertiary/aromatic N) is 1. The normalized spacial score (nSPS) is 16.4. The molecule has 1 aromatic heterocycles. The van der Waals surface area contributed by atoms with Crippen LogP contribution >= 0.6 is 12.2 Å². The Balaban J connectivity index is 1.82. The molecule has 5 heteroatoms. The Labute approximate surface area is 119 Å². The van der Waals surface area contributed by atoms with E-state index in [0.29, 0.717) is 16.7 Å². The van der Waals surface area contributed by atoms with Crippen molar-refractivity contribution in [1.82, 2.24) is 15.6 Å². The molecule has 1 aromatic rings. The fourth-order valence-corrected chi connectivity index (χ4v) is 2.58. The number of rotatable bonds is 2. The minimum Gasteiger partial charge on any atom is -0.360 e. The molecular formula is C14H19N3OS. The average Bonchev–Trinajstić information content (AvgIpc) is 2.68. The van der Waals surface area contributed by atoms with Gasteiger partial charge in [0.25, 0.3) is 5.91 Å². The maximum Gasteiger partial charge on any atom is 0.258 e. The van der Waals surface area contributed by atoms with E-state index in [1.165, 1.54) is 31.9 Å². The van der Waals surface area contributed by atoms with Crippen molar-refractivity contribution in [1.29, 1.82) is 0 Å². The second kappa shape index (κ2) is 7.19. The van der Waals surface area contributed by atoms with Crippen molar-refractivity contribution in [2.45, 2.75) is 44.6 Å². The maximum atomic E-state index is 11.9. The lowest BCUT2D eigenvalue weighted by atomic mass is 10.1. The molecule has 0 bridgehead atoms. The van der Waals surface area contributed by atoms with Gasteiger partial charge < -0.3 is 5.32 Å². The molecule has 1 heterocycles. The summed E-state index contributed by atoms with van der Waals surface area (Å²) in [6.45, 7) is 0. The first-order valence-electron chi connectivity index (χ1n) is 6.77. The first-order valence-corrected chi connectivity index (χ1v) is 7.18. The van der Waals surface area contributed by atoms with Crippen molar-refractivity contribution in [2.24, 2.45) is 0 Å². The molecule has 1 aliphatic carbocycles. The smallest absolute Gasteiger partial charge is 0.258 e. The highest BCUT2D eigenvalue weighted by Crippen LogP contribution is 2.17. The molecule has 102 valence electrons. The van der Waals surface area contributed by atoms with Gasteiger partial charge in [-0.1, -0.05) is 25.7 Å². The first-order chi connectivity index (χ1) is 9.25. The Kier molecular flexibility index (Phi) is 5.27. The van der Waals surface area contributed by atoms with Gasteiger partial charge in [-0.15, -0.1) is 0 Å². The molecule has 2 rings (SSSR count). The van der Waals surface area contributed by atoms with Crippen LogP contribution in [0.2, 0.25) is 0 Å². The van der Waals surface area contributed by atoms with Gasteiger partial charge in [0, 0.05) is 18.4 Å². The highest BCUT2D eigenvalue weighted by molar-refractivity contribution is 7.80. The van der Waals surface area contributed by atoms with Gasteiger partial charge in [0.15, 0.2) is 5.11 Å². The predicted molar refractivity (Wildman–Crippen MR) is 78.9 cm³/mol. The summed E-state index contributed by atoms with van der Waals surface area (Å²) >= 11 is 5.19. The van der Waals surface area contributed by atoms with Crippen molar-refractivity contribution in [3.05, 3.63) is 30.1 Å². The zero-order valence-corrected chi connectivity index (χ0v) is 11.7. The summed E-state index contributed by atoms with van der Waals surface area (Å²) < 4.78 is 0. The molecule has 0 radical (unpaired) electrons. The van der Waals surface area contributed by atoms with Crippen molar-refractivity contribution in [3.8, 4) is 0 Å². The standard InChI is InChI=1S/C14H19N3OS/c18-13(11-6-5-9-15-10-11)17-14(19)16-12-7-3-1-2-4-8-12/h5-6,9-10,12H,1-4,7-8H2,(H2,16,17,18,19). The van der Waals surface area contributed by atoms with Crippen LogP contribution in [0.4, 0.5) is 0 Å². The number of hydrogen-bond donors (Lipinski definition) is 2. The summed E-state index contributed by atoms with van der Waals surface area (Å²) in [4.78, 5) is 15.8. The van der Waals surface area contributed by atoms with Gasteiger partial charge in [0.05, 0.1) is 5.56 Å². The molecule has 1 amide bonds. The molecule has 1 saturated carbocycles. The fraction of sp³-hybridized carbons (Fsp3) is 0.500. The van der Waals surface area contributed by atoms with E-state index in [0.717, 1.165) is 12.8 Å². The zero-order valence-electron chi connectivity index (χ0n) is 10.9. The van der Waals surface area contributed by atoms with Gasteiger partial charge in [0.1, 0.15) is 0 Å². The van der Waals surface area contributed by atoms with Gasteiger partial charge in [-0.2, -0.15) is 0 Å². The molecule has 0 aromatic carbocycles. The monoisotopic (exact) mass is 277 g/mol. The summed E-state index contributed by atoms with van der Waals surface area (Å²) in [6, 6.07) is 3.84. The van der Waals surface area contributed by atoms with E-state index in [9.17, 15) is 4.79 Å². The van der Waals surface area contributed by atoms with E-state index in [1.807, 2.05) is 0 Å². The number of nitrogens with one attached hydrogen (secondary N) is 2. The number of thiocarbonyl (C=S) groups is 1. The largest absolute Gasteiger partial charge is 0.360 e. The SMILES string of the molecule is O=C(NC(=S)NC1CCCCCC1)c1cccnc1. The van der Waals surface area contributed by atoms with Crippen LogP contribution in [0, 0.1) is 0 Å². The molecular weight excluding hydrogens is 258 g/mol. The van der Waals surface area contributed by atoms with Crippen LogP contribution in [-0.2, 0) is 0 Å². The minimum absolute atomic E-state index is 0.209. The summed E-state index contributed by atoms with van der Waals surface area (Å²) in [5.41, 5.74) is 0.521. The summed E-state index contributed by atoms with van der Waals surface area (Å²) in [5, 5.41) is 6.36. The van der Waals surface area contributed by atoms with E-state index in [-0.39, 0.29) is 5.91 Å². The summed E-state index contributed by atoms with van der Waals surface area (Å²) in [5.74, 6) is -0.209. The Morgan fingerprint density at radius 3 is 2.63 bits per heavy atom. The third-order valence-corrected chi connectivity index (χ3v) is 3.56. The molecule has 0 atom stereocenters. The first kappa shape index (κ1) is 13.9. The van der Waals surface area contributed by atoms with Crippen LogP contribution in [0.25, 0.3) is 0 Å². The number of pyridine rings is 1. The molecule has 1 fully saturated rings. The van der Waals surface area contributed by atoms with Crippen LogP contribution in [0.15, 0.2) is 24.5 Å². The van der Waals surface area contributed by atoms with Crippen molar-refractivity contribution >= 4 is 23.2 Å². The van der Waals surface area contributed by atoms with E-state index in [1.54, 1.807) is 18.3 Å². The zero-order chi connectivity index (χ0) is 13.5. The molecule has 1 aliphatic rings. The van der Waals surface area contributed by atoms with E-state index < -0.39 is 0 Å². The van der Waals surface area contributed by atoms with Crippen LogP contribution in [0.1, 0.15) is 48.9 Å². The van der Waals surface area contributed by atoms with Crippen LogP contribution in [-0.4, -0.2) is 22.0 Å². The van der Waals surface area contributed by atoms with E-state index in [4.69, 9.17) is 12.2 Å². The third kappa shape index (κ3) is 4.59. The van der Waals surface area contributed by atoms with Gasteiger partial charge >= 0.3 is 0 Å². The van der Waals surface area contributed by atoms with Gasteiger partial charge in [0.2, 0.25) is 0 Å². The number of carbonyl (C=O) groups excluding carboxylic acids is 1. The van der Waals surface area contributed by atoms with Crippen LogP contribution in [0.3, 0.4) is 0 Å². The van der Waals surface area contributed by atoms with Crippen molar-refractivity contribution < 1.29 is 4.79 Å². The van der Waals surface area contributed by atoms with Crippen molar-refractivity contribution in [3.63, 3.8) is 0 Å². The van der Waals surface area contributed by atoms with Gasteiger partial charge in [-0.25, -0.2) is 0 Å². The topological polar surface area (TPSA) is 54.0 Å². The minimum atomic E-state index is -0.209. The second-order valence-electron chi connectivity index (χ2n) is 4.86. The molecule has 0 aliphatic heterocycles. The molecule has 4 nitrogen and oxygen atoms in total. The Hall–Kier alpha value is -1.49. The molecule has 0 spiro atoms. The molecule has 0 unspecified atom stereocenters. The predicted octanol–water partition coefficient (Wildman–Crippen LogP) is 2.41. The second-order valence-corrected chi connectivity index (χ2v) is 5.27.